The number of nitrogens with one attached hydrogen (secondary N) is 2. The van der Waals surface area contributed by atoms with Crippen LogP contribution >= 0.6 is 0 Å². The minimum Gasteiger partial charge on any atom is -0.378 e. The van der Waals surface area contributed by atoms with Gasteiger partial charge in [0.05, 0.1) is 27.2 Å². The van der Waals surface area contributed by atoms with Crippen molar-refractivity contribution in [1.82, 2.24) is 5.32 Å². The van der Waals surface area contributed by atoms with Crippen LogP contribution in [-0.4, -0.2) is 59.0 Å². The molecule has 2 saturated carbocycles. The van der Waals surface area contributed by atoms with Crippen molar-refractivity contribution in [2.45, 2.75) is 288 Å². The number of carbonyl (C=O) groups excluding carboxylic acids is 1. The van der Waals surface area contributed by atoms with Crippen molar-refractivity contribution in [3.8, 4) is 0 Å². The third kappa shape index (κ3) is 34.6. The molecule has 1 amide bonds. The fraction of sp³-hybridized carbons (Fsp3) is 0.985. The Morgan fingerprint density at radius 2 is 0.859 bits per heavy atom. The Kier molecular flexibility index (Phi) is 38.0. The van der Waals surface area contributed by atoms with Crippen LogP contribution in [0.5, 0.6) is 0 Å². The molecule has 0 spiro atoms. The molecule has 0 radical (unpaired) electrons. The number of ether oxygens (including phenoxy) is 2. The molecule has 2 aliphatic rings. The summed E-state index contributed by atoms with van der Waals surface area (Å²) in [6.45, 7) is 32.8. The molecule has 422 valence electrons. The van der Waals surface area contributed by atoms with Crippen molar-refractivity contribution in [3.05, 3.63) is 0 Å². The Morgan fingerprint density at radius 1 is 0.465 bits per heavy atom. The highest BCUT2D eigenvalue weighted by molar-refractivity contribution is 5.80. The zero-order valence-corrected chi connectivity index (χ0v) is 50.8. The molecular formula is C66H131N2O3+. The van der Waals surface area contributed by atoms with Gasteiger partial charge in [0, 0.05) is 26.2 Å². The highest BCUT2D eigenvalue weighted by Crippen LogP contribution is 2.42. The first-order valence-corrected chi connectivity index (χ1v) is 32.2. The predicted molar refractivity (Wildman–Crippen MR) is 311 cm³/mol. The van der Waals surface area contributed by atoms with Gasteiger partial charge in [-0.25, -0.2) is 0 Å². The summed E-state index contributed by atoms with van der Waals surface area (Å²) in [7, 11) is 4.34. The Labute approximate surface area is 446 Å². The van der Waals surface area contributed by atoms with Crippen LogP contribution < -0.4 is 10.2 Å². The van der Waals surface area contributed by atoms with Crippen molar-refractivity contribution in [2.75, 3.05) is 47.0 Å². The SMILES string of the molecule is CC(C)CCC[C@H](C)CC[C@@H](C)CCC[C@@H](C)C1CCC(CCC[C@@H](C)CCOC[C@H](OCC[C@H](C)CCCC2CCC([C@H](C)CCC[C@H](C)CC[C@@H](C)CCCC(C)C)C2)C(=O)NCCC[NH+](C)C)C1. The summed E-state index contributed by atoms with van der Waals surface area (Å²) in [6, 6.07) is 0. The summed E-state index contributed by atoms with van der Waals surface area (Å²) in [5, 5.41) is 3.17. The lowest BCUT2D eigenvalue weighted by atomic mass is 9.85. The quantitative estimate of drug-likeness (QED) is 0.0598. The molecule has 2 rings (SSSR count). The van der Waals surface area contributed by atoms with Crippen LogP contribution in [0.1, 0.15) is 282 Å². The zero-order valence-electron chi connectivity index (χ0n) is 50.8. The molecule has 2 N–H and O–H groups in total. The molecule has 2 fully saturated rings. The highest BCUT2D eigenvalue weighted by Gasteiger charge is 2.30. The van der Waals surface area contributed by atoms with E-state index >= 15 is 0 Å². The minimum absolute atomic E-state index is 0.00295. The first kappa shape index (κ1) is 66.5. The standard InChI is InChI=1S/C66H130N2O3/c1-51(2)22-15-24-53(5)34-36-55(7)26-17-30-59(11)63-40-38-61(48-63)32-19-28-57(9)42-46-70-50-65(66(69)67-44-21-45-68(13)14)71-47-43-58(10)29-20-33-62-39-41-64(49-62)60(12)31-18-27-56(8)37-35-54(6)25-16-23-52(3)4/h51-65H,15-50H2,1-14H3,(H,67,69)/p+1/t53-,54-,55-,56-,57+,58+,59+,60+,61?,62?,63?,64?,65-/m0/s1. The van der Waals surface area contributed by atoms with E-state index in [1.165, 1.54) is 185 Å². The topological polar surface area (TPSA) is 52.0 Å². The Hall–Kier alpha value is -0.650. The van der Waals surface area contributed by atoms with Crippen LogP contribution in [-0.2, 0) is 14.3 Å². The van der Waals surface area contributed by atoms with E-state index in [1.54, 1.807) is 0 Å². The Morgan fingerprint density at radius 3 is 1.28 bits per heavy atom. The van der Waals surface area contributed by atoms with Crippen molar-refractivity contribution in [1.29, 1.82) is 0 Å². The lowest BCUT2D eigenvalue weighted by molar-refractivity contribution is -0.858. The van der Waals surface area contributed by atoms with Gasteiger partial charge in [-0.1, -0.05) is 237 Å². The second-order valence-electron chi connectivity index (χ2n) is 27.6. The van der Waals surface area contributed by atoms with Crippen LogP contribution in [0.25, 0.3) is 0 Å². The van der Waals surface area contributed by atoms with Crippen molar-refractivity contribution in [3.63, 3.8) is 0 Å². The van der Waals surface area contributed by atoms with Crippen molar-refractivity contribution in [2.24, 2.45) is 82.9 Å². The van der Waals surface area contributed by atoms with Crippen LogP contribution in [0.4, 0.5) is 0 Å². The Balaban J connectivity index is 1.60. The molecule has 5 nitrogen and oxygen atoms in total. The lowest BCUT2D eigenvalue weighted by Gasteiger charge is -2.21. The van der Waals surface area contributed by atoms with Gasteiger partial charge in [-0.2, -0.15) is 0 Å². The van der Waals surface area contributed by atoms with E-state index in [2.05, 4.69) is 102 Å². The van der Waals surface area contributed by atoms with E-state index in [4.69, 9.17) is 9.47 Å². The molecule has 0 aromatic carbocycles. The third-order valence-corrected chi connectivity index (χ3v) is 18.8. The first-order valence-electron chi connectivity index (χ1n) is 32.2. The van der Waals surface area contributed by atoms with E-state index in [-0.39, 0.29) is 5.91 Å². The van der Waals surface area contributed by atoms with Crippen LogP contribution in [0.3, 0.4) is 0 Å². The van der Waals surface area contributed by atoms with Gasteiger partial charge in [-0.3, -0.25) is 4.79 Å². The van der Waals surface area contributed by atoms with Gasteiger partial charge in [0.15, 0.2) is 6.10 Å². The smallest absolute Gasteiger partial charge is 0.251 e. The monoisotopic (exact) mass is 1000 g/mol. The molecule has 0 aromatic rings. The first-order chi connectivity index (χ1) is 33.9. The fourth-order valence-electron chi connectivity index (χ4n) is 12.9. The number of quaternary nitrogens is 1. The number of carbonyl (C=O) groups is 1. The van der Waals surface area contributed by atoms with Crippen molar-refractivity contribution < 1.29 is 19.2 Å². The highest BCUT2D eigenvalue weighted by atomic mass is 16.5. The summed E-state index contributed by atoms with van der Waals surface area (Å²) in [5.41, 5.74) is 0. The predicted octanol–water partition coefficient (Wildman–Crippen LogP) is 17.6. The molecule has 13 atom stereocenters. The molecule has 71 heavy (non-hydrogen) atoms. The van der Waals surface area contributed by atoms with E-state index in [9.17, 15) is 4.79 Å². The van der Waals surface area contributed by atoms with Gasteiger partial charge in [0.1, 0.15) is 0 Å². The molecule has 2 aliphatic carbocycles. The largest absolute Gasteiger partial charge is 0.378 e. The number of amides is 1. The summed E-state index contributed by atoms with van der Waals surface area (Å²) >= 11 is 0. The van der Waals surface area contributed by atoms with Crippen LogP contribution in [0, 0.1) is 82.9 Å². The van der Waals surface area contributed by atoms with Crippen molar-refractivity contribution >= 4 is 5.91 Å². The van der Waals surface area contributed by atoms with E-state index in [1.807, 2.05) is 0 Å². The average Bonchev–Trinajstić information content (AvgIpc) is 4.00. The fourth-order valence-corrected chi connectivity index (χ4v) is 12.9. The Bertz CT molecular complexity index is 1240. The molecule has 0 heterocycles. The maximum absolute atomic E-state index is 13.3. The van der Waals surface area contributed by atoms with E-state index < -0.39 is 6.10 Å². The molecule has 5 heteroatoms. The number of hydrogen-bond acceptors (Lipinski definition) is 3. The molecule has 0 saturated heterocycles. The number of hydrogen-bond donors (Lipinski definition) is 2. The average molecular weight is 1000 g/mol. The summed E-state index contributed by atoms with van der Waals surface area (Å²) < 4.78 is 12.6. The maximum atomic E-state index is 13.3. The molecule has 4 unspecified atom stereocenters. The summed E-state index contributed by atoms with van der Waals surface area (Å²) in [6.07, 6.45) is 42.1. The summed E-state index contributed by atoms with van der Waals surface area (Å²) in [4.78, 5) is 14.8. The second-order valence-corrected chi connectivity index (χ2v) is 27.6. The zero-order chi connectivity index (χ0) is 52.4. The second kappa shape index (κ2) is 40.6. The lowest BCUT2D eigenvalue weighted by Crippen LogP contribution is -3.05. The van der Waals surface area contributed by atoms with Gasteiger partial charge >= 0.3 is 0 Å². The number of rotatable bonds is 46. The van der Waals surface area contributed by atoms with Gasteiger partial charge in [-0.15, -0.1) is 0 Å². The van der Waals surface area contributed by atoms with Crippen LogP contribution in [0.15, 0.2) is 0 Å². The molecule has 0 aromatic heterocycles. The van der Waals surface area contributed by atoms with Gasteiger partial charge in [-0.05, 0) is 121 Å². The molecule has 0 aliphatic heterocycles. The third-order valence-electron chi connectivity index (χ3n) is 18.8. The minimum atomic E-state index is -0.517. The van der Waals surface area contributed by atoms with Crippen LogP contribution in [0.2, 0.25) is 0 Å². The normalized spacial score (nSPS) is 22.5. The van der Waals surface area contributed by atoms with Gasteiger partial charge in [0.25, 0.3) is 5.91 Å². The molecular weight excluding hydrogens is 869 g/mol. The molecule has 0 bridgehead atoms. The summed E-state index contributed by atoms with van der Waals surface area (Å²) in [5.74, 6) is 12.1. The maximum Gasteiger partial charge on any atom is 0.251 e. The van der Waals surface area contributed by atoms with E-state index in [0.717, 1.165) is 96.8 Å². The van der Waals surface area contributed by atoms with E-state index in [0.29, 0.717) is 38.2 Å². The van der Waals surface area contributed by atoms with Gasteiger partial charge < -0.3 is 19.7 Å². The van der Waals surface area contributed by atoms with Gasteiger partial charge in [0.2, 0.25) is 0 Å².